The summed E-state index contributed by atoms with van der Waals surface area (Å²) in [5, 5.41) is 4.28. The molecule has 0 saturated heterocycles. The molecule has 34 heavy (non-hydrogen) atoms. The largest absolute Gasteiger partial charge is 0.466 e. The highest BCUT2D eigenvalue weighted by Gasteiger charge is 2.33. The van der Waals surface area contributed by atoms with Crippen molar-refractivity contribution >= 4 is 29.1 Å². The zero-order valence-corrected chi connectivity index (χ0v) is 20.9. The summed E-state index contributed by atoms with van der Waals surface area (Å²) in [6.45, 7) is 10.6. The van der Waals surface area contributed by atoms with Crippen molar-refractivity contribution in [1.29, 1.82) is 0 Å². The number of fused-ring (bicyclic) bond motifs is 1. The molecule has 0 unspecified atom stereocenters. The number of carbonyl (C=O) groups is 1. The summed E-state index contributed by atoms with van der Waals surface area (Å²) in [7, 11) is 1.35. The predicted octanol–water partition coefficient (Wildman–Crippen LogP) is 2.47. The van der Waals surface area contributed by atoms with Crippen molar-refractivity contribution in [2.75, 3.05) is 25.1 Å². The van der Waals surface area contributed by atoms with Gasteiger partial charge in [0.25, 0.3) is 5.56 Å². The Morgan fingerprint density at radius 3 is 2.50 bits per heavy atom. The summed E-state index contributed by atoms with van der Waals surface area (Å²) < 4.78 is 9.04. The second-order valence-electron chi connectivity index (χ2n) is 7.97. The van der Waals surface area contributed by atoms with E-state index in [2.05, 4.69) is 28.8 Å². The number of esters is 1. The lowest BCUT2D eigenvalue weighted by Gasteiger charge is -2.26. The summed E-state index contributed by atoms with van der Waals surface area (Å²) in [5.41, 5.74) is 3.49. The first-order chi connectivity index (χ1) is 16.4. The molecule has 3 aromatic rings. The molecule has 2 aromatic heterocycles. The number of methoxy groups -OCH3 is 1. The number of hydrogen-bond acceptors (Lipinski definition) is 7. The van der Waals surface area contributed by atoms with Gasteiger partial charge in [0.05, 0.1) is 35.2 Å². The lowest BCUT2D eigenvalue weighted by molar-refractivity contribution is -0.136. The molecule has 8 nitrogen and oxygen atoms in total. The number of ether oxygens (including phenoxy) is 1. The van der Waals surface area contributed by atoms with Crippen LogP contribution in [0.5, 0.6) is 0 Å². The van der Waals surface area contributed by atoms with Gasteiger partial charge in [0.2, 0.25) is 0 Å². The van der Waals surface area contributed by atoms with Gasteiger partial charge in [-0.2, -0.15) is 5.10 Å². The fourth-order valence-electron chi connectivity index (χ4n) is 4.24. The third kappa shape index (κ3) is 4.23. The number of aryl methyl sites for hydroxylation is 1. The Kier molecular flexibility index (Phi) is 6.83. The third-order valence-corrected chi connectivity index (χ3v) is 7.02. The summed E-state index contributed by atoms with van der Waals surface area (Å²) >= 11 is 1.31. The van der Waals surface area contributed by atoms with Crippen molar-refractivity contribution in [2.24, 2.45) is 4.99 Å². The van der Waals surface area contributed by atoms with E-state index in [0.717, 1.165) is 36.4 Å². The summed E-state index contributed by atoms with van der Waals surface area (Å²) in [5.74, 6) is -0.488. The van der Waals surface area contributed by atoms with Crippen molar-refractivity contribution in [3.63, 3.8) is 0 Å². The van der Waals surface area contributed by atoms with Gasteiger partial charge in [-0.05, 0) is 51.5 Å². The highest BCUT2D eigenvalue weighted by Crippen LogP contribution is 2.31. The Morgan fingerprint density at radius 2 is 1.91 bits per heavy atom. The van der Waals surface area contributed by atoms with Gasteiger partial charge >= 0.3 is 5.97 Å². The average molecular weight is 480 g/mol. The number of nitrogens with zero attached hydrogens (tertiary/aromatic N) is 5. The molecule has 0 aliphatic carbocycles. The normalized spacial score (nSPS) is 15.8. The molecule has 9 heteroatoms. The van der Waals surface area contributed by atoms with E-state index in [4.69, 9.17) is 4.74 Å². The van der Waals surface area contributed by atoms with Gasteiger partial charge in [-0.15, -0.1) is 0 Å². The number of benzene rings is 1. The molecule has 0 fully saturated rings. The number of allylic oxidation sites excluding steroid dienone is 1. The lowest BCUT2D eigenvalue weighted by Crippen LogP contribution is -2.39. The fourth-order valence-corrected chi connectivity index (χ4v) is 5.29. The Bertz CT molecular complexity index is 1410. The Morgan fingerprint density at radius 1 is 1.21 bits per heavy atom. The minimum Gasteiger partial charge on any atom is -0.466 e. The molecule has 0 N–H and O–H groups in total. The van der Waals surface area contributed by atoms with E-state index in [-0.39, 0.29) is 5.56 Å². The molecule has 0 amide bonds. The quantitative estimate of drug-likeness (QED) is 0.487. The molecule has 1 atom stereocenters. The maximum Gasteiger partial charge on any atom is 0.338 e. The van der Waals surface area contributed by atoms with Crippen LogP contribution in [0.2, 0.25) is 0 Å². The van der Waals surface area contributed by atoms with Crippen LogP contribution < -0.4 is 19.8 Å². The highest BCUT2D eigenvalue weighted by atomic mass is 32.1. The fraction of sp³-hybridized carbons (Fsp3) is 0.360. The van der Waals surface area contributed by atoms with Gasteiger partial charge in [0.1, 0.15) is 0 Å². The van der Waals surface area contributed by atoms with Gasteiger partial charge in [-0.25, -0.2) is 9.79 Å². The van der Waals surface area contributed by atoms with Crippen molar-refractivity contribution < 1.29 is 9.53 Å². The van der Waals surface area contributed by atoms with E-state index in [0.29, 0.717) is 20.6 Å². The predicted molar refractivity (Wildman–Crippen MR) is 134 cm³/mol. The molecule has 0 radical (unpaired) electrons. The topological polar surface area (TPSA) is 81.7 Å². The summed E-state index contributed by atoms with van der Waals surface area (Å²) in [6.07, 6.45) is 5.45. The Hall–Kier alpha value is -3.46. The number of hydrogen-bond donors (Lipinski definition) is 0. The minimum atomic E-state index is -0.616. The van der Waals surface area contributed by atoms with Crippen LogP contribution in [0.1, 0.15) is 44.9 Å². The highest BCUT2D eigenvalue weighted by molar-refractivity contribution is 7.07. The molecule has 0 bridgehead atoms. The average Bonchev–Trinajstić information content (AvgIpc) is 3.43. The smallest absolute Gasteiger partial charge is 0.338 e. The van der Waals surface area contributed by atoms with E-state index in [1.165, 1.54) is 18.4 Å². The maximum absolute atomic E-state index is 13.6. The number of aromatic nitrogens is 3. The molecule has 1 aliphatic heterocycles. The number of anilines is 1. The molecule has 3 heterocycles. The summed E-state index contributed by atoms with van der Waals surface area (Å²) in [4.78, 5) is 33.8. The zero-order valence-electron chi connectivity index (χ0n) is 20.1. The van der Waals surface area contributed by atoms with E-state index >= 15 is 0 Å². The van der Waals surface area contributed by atoms with Gasteiger partial charge in [-0.1, -0.05) is 23.5 Å². The van der Waals surface area contributed by atoms with E-state index in [1.54, 1.807) is 17.7 Å². The first-order valence-electron chi connectivity index (χ1n) is 11.4. The SMILES string of the molecule is CCN(CC)c1ccc([C@H]2C(C(=O)OC)=C(C)N=c3s/c(=C/c4cnn(CC)c4)c(=O)n32)cc1. The van der Waals surface area contributed by atoms with E-state index in [1.807, 2.05) is 48.1 Å². The Labute approximate surface area is 202 Å². The monoisotopic (exact) mass is 479 g/mol. The minimum absolute atomic E-state index is 0.195. The molecule has 1 aromatic carbocycles. The van der Waals surface area contributed by atoms with Gasteiger partial charge in [0.15, 0.2) is 4.80 Å². The summed E-state index contributed by atoms with van der Waals surface area (Å²) in [6, 6.07) is 7.39. The maximum atomic E-state index is 13.6. The molecule has 178 valence electrons. The number of carbonyl (C=O) groups excluding carboxylic acids is 1. The van der Waals surface area contributed by atoms with Gasteiger partial charge < -0.3 is 9.64 Å². The van der Waals surface area contributed by atoms with Gasteiger partial charge in [-0.3, -0.25) is 14.0 Å². The van der Waals surface area contributed by atoms with Crippen LogP contribution in [0.25, 0.3) is 6.08 Å². The molecule has 0 spiro atoms. The van der Waals surface area contributed by atoms with Crippen molar-refractivity contribution in [3.05, 3.63) is 78.7 Å². The third-order valence-electron chi connectivity index (χ3n) is 6.04. The number of rotatable bonds is 7. The van der Waals surface area contributed by atoms with E-state index < -0.39 is 12.0 Å². The van der Waals surface area contributed by atoms with Crippen LogP contribution in [0.15, 0.2) is 57.7 Å². The molecule has 1 aliphatic rings. The van der Waals surface area contributed by atoms with Crippen LogP contribution in [0, 0.1) is 0 Å². The van der Waals surface area contributed by atoms with Crippen molar-refractivity contribution in [3.8, 4) is 0 Å². The standard InChI is InChI=1S/C25H29N5O3S/c1-6-28(7-2)19-11-9-18(10-12-19)22-21(24(32)33-5)16(4)27-25-30(22)23(31)20(34-25)13-17-14-26-29(8-3)15-17/h9-15,22H,6-8H2,1-5H3/b20-13+/t22-/m0/s1. The molecule has 4 rings (SSSR count). The molecular formula is C25H29N5O3S. The first kappa shape index (κ1) is 23.7. The van der Waals surface area contributed by atoms with Crippen molar-refractivity contribution in [2.45, 2.75) is 40.3 Å². The zero-order chi connectivity index (χ0) is 24.4. The molecular weight excluding hydrogens is 450 g/mol. The van der Waals surface area contributed by atoms with Crippen LogP contribution in [-0.4, -0.2) is 40.5 Å². The molecule has 0 saturated carbocycles. The second-order valence-corrected chi connectivity index (χ2v) is 8.98. The van der Waals surface area contributed by atoms with Crippen LogP contribution in [-0.2, 0) is 16.1 Å². The van der Waals surface area contributed by atoms with Crippen LogP contribution in [0.4, 0.5) is 5.69 Å². The van der Waals surface area contributed by atoms with Crippen LogP contribution >= 0.6 is 11.3 Å². The Balaban J connectivity index is 1.89. The van der Waals surface area contributed by atoms with E-state index in [9.17, 15) is 9.59 Å². The first-order valence-corrected chi connectivity index (χ1v) is 12.2. The second kappa shape index (κ2) is 9.80. The van der Waals surface area contributed by atoms with Crippen molar-refractivity contribution in [1.82, 2.24) is 14.3 Å². The van der Waals surface area contributed by atoms with Crippen LogP contribution in [0.3, 0.4) is 0 Å². The number of thiazole rings is 1. The lowest BCUT2D eigenvalue weighted by atomic mass is 9.95. The van der Waals surface area contributed by atoms with Gasteiger partial charge in [0, 0.05) is 37.1 Å².